The van der Waals surface area contributed by atoms with Gasteiger partial charge in [-0.1, -0.05) is 35.5 Å². The van der Waals surface area contributed by atoms with E-state index in [1.54, 1.807) is 0 Å². The van der Waals surface area contributed by atoms with E-state index < -0.39 is 10.0 Å². The molecule has 0 atom stereocenters. The highest BCUT2D eigenvalue weighted by molar-refractivity contribution is 7.88. The molecule has 0 amide bonds. The van der Waals surface area contributed by atoms with Crippen molar-refractivity contribution in [3.05, 3.63) is 47.3 Å². The number of H-pyrrole nitrogens is 1. The number of aromatic nitrogens is 3. The van der Waals surface area contributed by atoms with Crippen LogP contribution >= 0.6 is 0 Å². The van der Waals surface area contributed by atoms with Crippen LogP contribution in [0.4, 0.5) is 0 Å². The number of hydrogen-bond acceptors (Lipinski definition) is 5. The van der Waals surface area contributed by atoms with E-state index in [1.807, 2.05) is 37.3 Å². The monoisotopic (exact) mass is 358 g/mol. The highest BCUT2D eigenvalue weighted by atomic mass is 32.2. The van der Waals surface area contributed by atoms with Crippen molar-refractivity contribution in [1.82, 2.24) is 19.7 Å². The summed E-state index contributed by atoms with van der Waals surface area (Å²) in [5, 5.41) is 11.7. The van der Waals surface area contributed by atoms with Crippen molar-refractivity contribution in [2.24, 2.45) is 0 Å². The van der Waals surface area contributed by atoms with E-state index in [9.17, 15) is 8.42 Å². The molecule has 130 valence electrons. The van der Waals surface area contributed by atoms with Crippen molar-refractivity contribution in [3.8, 4) is 22.5 Å². The first-order chi connectivity index (χ1) is 11.9. The molecule has 4 rings (SSSR count). The highest BCUT2D eigenvalue weighted by Gasteiger charge is 2.30. The SMILES string of the molecule is Cc1onc(-c2ccccc2)c1-c1n[nH]c2c1CN(S(C)(=O)=O)CC2. The van der Waals surface area contributed by atoms with Gasteiger partial charge in [0.25, 0.3) is 0 Å². The summed E-state index contributed by atoms with van der Waals surface area (Å²) in [7, 11) is -3.25. The van der Waals surface area contributed by atoms with Gasteiger partial charge in [-0.25, -0.2) is 8.42 Å². The van der Waals surface area contributed by atoms with Gasteiger partial charge in [-0.05, 0) is 6.92 Å². The summed E-state index contributed by atoms with van der Waals surface area (Å²) in [5.41, 5.74) is 5.01. The Balaban J connectivity index is 1.84. The first-order valence-corrected chi connectivity index (χ1v) is 9.83. The lowest BCUT2D eigenvalue weighted by Crippen LogP contribution is -2.35. The average molecular weight is 358 g/mol. The van der Waals surface area contributed by atoms with Crippen LogP contribution in [-0.4, -0.2) is 40.9 Å². The lowest BCUT2D eigenvalue weighted by atomic mass is 9.98. The number of nitrogens with zero attached hydrogens (tertiary/aromatic N) is 3. The Kier molecular flexibility index (Phi) is 3.73. The largest absolute Gasteiger partial charge is 0.360 e. The van der Waals surface area contributed by atoms with Gasteiger partial charge in [0.05, 0.1) is 11.8 Å². The third kappa shape index (κ3) is 2.77. The molecule has 1 aliphatic heterocycles. The van der Waals surface area contributed by atoms with Crippen LogP contribution in [0.2, 0.25) is 0 Å². The van der Waals surface area contributed by atoms with Crippen molar-refractivity contribution in [2.45, 2.75) is 19.9 Å². The normalized spacial score (nSPS) is 15.3. The van der Waals surface area contributed by atoms with Gasteiger partial charge in [0.2, 0.25) is 10.0 Å². The molecule has 25 heavy (non-hydrogen) atoms. The number of benzene rings is 1. The van der Waals surface area contributed by atoms with E-state index in [4.69, 9.17) is 4.52 Å². The highest BCUT2D eigenvalue weighted by Crippen LogP contribution is 2.37. The predicted octanol–water partition coefficient (Wildman–Crippen LogP) is 2.36. The fourth-order valence-electron chi connectivity index (χ4n) is 3.20. The van der Waals surface area contributed by atoms with Crippen LogP contribution in [0.5, 0.6) is 0 Å². The Labute approximate surface area is 145 Å². The Bertz CT molecular complexity index is 1020. The fourth-order valence-corrected chi connectivity index (χ4v) is 3.99. The van der Waals surface area contributed by atoms with Crippen LogP contribution in [0, 0.1) is 6.92 Å². The van der Waals surface area contributed by atoms with Crippen molar-refractivity contribution in [2.75, 3.05) is 12.8 Å². The summed E-state index contributed by atoms with van der Waals surface area (Å²) in [5.74, 6) is 0.657. The van der Waals surface area contributed by atoms with Gasteiger partial charge >= 0.3 is 0 Å². The molecule has 0 bridgehead atoms. The van der Waals surface area contributed by atoms with Gasteiger partial charge in [-0.15, -0.1) is 0 Å². The number of fused-ring (bicyclic) bond motifs is 1. The lowest BCUT2D eigenvalue weighted by Gasteiger charge is -2.24. The zero-order chi connectivity index (χ0) is 17.6. The molecular weight excluding hydrogens is 340 g/mol. The van der Waals surface area contributed by atoms with E-state index >= 15 is 0 Å². The van der Waals surface area contributed by atoms with Crippen LogP contribution in [-0.2, 0) is 23.0 Å². The molecule has 8 heteroatoms. The third-order valence-corrected chi connectivity index (χ3v) is 5.76. The third-order valence-electron chi connectivity index (χ3n) is 4.51. The summed E-state index contributed by atoms with van der Waals surface area (Å²) < 4.78 is 30.8. The summed E-state index contributed by atoms with van der Waals surface area (Å²) in [6.07, 6.45) is 1.85. The first-order valence-electron chi connectivity index (χ1n) is 7.98. The number of rotatable bonds is 3. The molecule has 0 radical (unpaired) electrons. The molecule has 0 unspecified atom stereocenters. The minimum Gasteiger partial charge on any atom is -0.360 e. The van der Waals surface area contributed by atoms with Crippen LogP contribution in [0.3, 0.4) is 0 Å². The summed E-state index contributed by atoms with van der Waals surface area (Å²) in [6, 6.07) is 9.74. The van der Waals surface area contributed by atoms with Crippen LogP contribution in [0.1, 0.15) is 17.0 Å². The van der Waals surface area contributed by atoms with Crippen LogP contribution in [0.25, 0.3) is 22.5 Å². The molecule has 0 fully saturated rings. The van der Waals surface area contributed by atoms with E-state index in [0.717, 1.165) is 22.4 Å². The van der Waals surface area contributed by atoms with Gasteiger partial charge in [-0.2, -0.15) is 9.40 Å². The second kappa shape index (κ2) is 5.82. The smallest absolute Gasteiger partial charge is 0.211 e. The number of aryl methyl sites for hydroxylation is 1. The molecule has 0 spiro atoms. The van der Waals surface area contributed by atoms with Crippen LogP contribution < -0.4 is 0 Å². The van der Waals surface area contributed by atoms with E-state index in [2.05, 4.69) is 15.4 Å². The molecule has 2 aromatic heterocycles. The molecule has 1 N–H and O–H groups in total. The second-order valence-electron chi connectivity index (χ2n) is 6.20. The Morgan fingerprint density at radius 3 is 2.68 bits per heavy atom. The molecule has 7 nitrogen and oxygen atoms in total. The van der Waals surface area contributed by atoms with Gasteiger partial charge in [0, 0.05) is 36.3 Å². The Hall–Kier alpha value is -2.45. The zero-order valence-electron chi connectivity index (χ0n) is 14.0. The van der Waals surface area contributed by atoms with Gasteiger partial charge in [0.1, 0.15) is 17.1 Å². The van der Waals surface area contributed by atoms with Crippen molar-refractivity contribution < 1.29 is 12.9 Å². The lowest BCUT2D eigenvalue weighted by molar-refractivity contribution is 0.393. The van der Waals surface area contributed by atoms with Gasteiger partial charge in [-0.3, -0.25) is 5.10 Å². The quantitative estimate of drug-likeness (QED) is 0.776. The number of hydrogen-bond donors (Lipinski definition) is 1. The molecule has 3 heterocycles. The molecule has 0 saturated carbocycles. The number of nitrogens with one attached hydrogen (secondary N) is 1. The first kappa shape index (κ1) is 16.0. The minimum absolute atomic E-state index is 0.304. The van der Waals surface area contributed by atoms with E-state index in [1.165, 1.54) is 10.6 Å². The van der Waals surface area contributed by atoms with Crippen molar-refractivity contribution >= 4 is 10.0 Å². The number of sulfonamides is 1. The minimum atomic E-state index is -3.25. The summed E-state index contributed by atoms with van der Waals surface area (Å²) >= 11 is 0. The van der Waals surface area contributed by atoms with Crippen molar-refractivity contribution in [3.63, 3.8) is 0 Å². The van der Waals surface area contributed by atoms with E-state index in [-0.39, 0.29) is 0 Å². The van der Waals surface area contributed by atoms with Crippen molar-refractivity contribution in [1.29, 1.82) is 0 Å². The zero-order valence-corrected chi connectivity index (χ0v) is 14.8. The van der Waals surface area contributed by atoms with Gasteiger partial charge in [0.15, 0.2) is 0 Å². The predicted molar refractivity (Wildman–Crippen MR) is 93.2 cm³/mol. The topological polar surface area (TPSA) is 92.1 Å². The fraction of sp³-hybridized carbons (Fsp3) is 0.294. The van der Waals surface area contributed by atoms with E-state index in [0.29, 0.717) is 36.7 Å². The number of aromatic amines is 1. The molecular formula is C17H18N4O3S. The maximum absolute atomic E-state index is 11.9. The summed E-state index contributed by atoms with van der Waals surface area (Å²) in [6.45, 7) is 2.60. The average Bonchev–Trinajstić information content (AvgIpc) is 3.17. The molecule has 0 saturated heterocycles. The molecule has 1 aliphatic rings. The Morgan fingerprint density at radius 1 is 1.20 bits per heavy atom. The molecule has 3 aromatic rings. The molecule has 0 aliphatic carbocycles. The van der Waals surface area contributed by atoms with Gasteiger partial charge < -0.3 is 4.52 Å². The maximum atomic E-state index is 11.9. The summed E-state index contributed by atoms with van der Waals surface area (Å²) in [4.78, 5) is 0. The van der Waals surface area contributed by atoms with Crippen LogP contribution in [0.15, 0.2) is 34.9 Å². The maximum Gasteiger partial charge on any atom is 0.211 e. The molecule has 1 aromatic carbocycles. The second-order valence-corrected chi connectivity index (χ2v) is 8.19. The standard InChI is InChI=1S/C17H18N4O3S/c1-11-15(16(20-24-11)12-6-4-3-5-7-12)17-13-10-21(25(2,22)23)9-8-14(13)18-19-17/h3-7H,8-10H2,1-2H3,(H,18,19). The Morgan fingerprint density at radius 2 is 1.96 bits per heavy atom.